The van der Waals surface area contributed by atoms with E-state index in [4.69, 9.17) is 9.47 Å². The van der Waals surface area contributed by atoms with Crippen LogP contribution >= 0.6 is 11.7 Å². The van der Waals surface area contributed by atoms with E-state index in [2.05, 4.69) is 8.75 Å². The number of ether oxygens (including phenoxy) is 2. The number of aryl methyl sites for hydroxylation is 1. The van der Waals surface area contributed by atoms with Gasteiger partial charge in [-0.2, -0.15) is 4.37 Å². The molecule has 0 saturated heterocycles. The number of ketones is 1. The Labute approximate surface area is 121 Å². The van der Waals surface area contributed by atoms with E-state index in [-0.39, 0.29) is 17.7 Å². The summed E-state index contributed by atoms with van der Waals surface area (Å²) in [4.78, 5) is 23.2. The Balaban J connectivity index is 1.88. The normalized spacial score (nSPS) is 17.8. The van der Waals surface area contributed by atoms with Crippen LogP contribution in [0.1, 0.15) is 44.7 Å². The number of carbonyl (C=O) groups excluding carboxylic acids is 2. The van der Waals surface area contributed by atoms with Crippen molar-refractivity contribution in [3.05, 3.63) is 5.69 Å². The van der Waals surface area contributed by atoms with E-state index in [1.165, 1.54) is 0 Å². The van der Waals surface area contributed by atoms with Gasteiger partial charge in [-0.05, 0) is 19.8 Å². The molecule has 110 valence electrons. The van der Waals surface area contributed by atoms with Gasteiger partial charge in [0.15, 0.2) is 0 Å². The summed E-state index contributed by atoms with van der Waals surface area (Å²) in [6, 6.07) is 0. The second-order valence-corrected chi connectivity index (χ2v) is 5.39. The number of nitrogens with zero attached hydrogens (tertiary/aromatic N) is 2. The molecule has 0 N–H and O–H groups in total. The van der Waals surface area contributed by atoms with Crippen LogP contribution in [0.2, 0.25) is 0 Å². The van der Waals surface area contributed by atoms with Gasteiger partial charge in [0.25, 0.3) is 5.88 Å². The zero-order valence-electron chi connectivity index (χ0n) is 11.6. The lowest BCUT2D eigenvalue weighted by molar-refractivity contribution is -0.170. The minimum absolute atomic E-state index is 0.194. The maximum atomic E-state index is 12.0. The van der Waals surface area contributed by atoms with E-state index in [0.717, 1.165) is 11.7 Å². The molecule has 6 nitrogen and oxygen atoms in total. The Morgan fingerprint density at radius 1 is 1.40 bits per heavy atom. The van der Waals surface area contributed by atoms with Gasteiger partial charge in [-0.25, -0.2) is 0 Å². The lowest BCUT2D eigenvalue weighted by Crippen LogP contribution is -2.30. The fourth-order valence-electron chi connectivity index (χ4n) is 2.05. The molecule has 1 aliphatic rings. The van der Waals surface area contributed by atoms with Crippen LogP contribution in [0, 0.1) is 12.8 Å². The van der Waals surface area contributed by atoms with Crippen LogP contribution in [0.4, 0.5) is 0 Å². The summed E-state index contributed by atoms with van der Waals surface area (Å²) in [6.45, 7) is 3.66. The van der Waals surface area contributed by atoms with Crippen molar-refractivity contribution in [3.63, 3.8) is 0 Å². The number of hydrogen-bond acceptors (Lipinski definition) is 7. The highest BCUT2D eigenvalue weighted by Crippen LogP contribution is 2.24. The molecule has 1 heterocycles. The summed E-state index contributed by atoms with van der Waals surface area (Å²) in [5, 5.41) is 0. The summed E-state index contributed by atoms with van der Waals surface area (Å²) in [5.74, 6) is 0.153. The number of carbonyl (C=O) groups is 2. The molecule has 1 fully saturated rings. The number of aromatic nitrogens is 2. The topological polar surface area (TPSA) is 78.4 Å². The van der Waals surface area contributed by atoms with Crippen LogP contribution in [0.25, 0.3) is 0 Å². The number of esters is 1. The minimum Gasteiger partial charge on any atom is -0.435 e. The van der Waals surface area contributed by atoms with E-state index < -0.39 is 6.29 Å². The van der Waals surface area contributed by atoms with Crippen LogP contribution in [0.3, 0.4) is 0 Å². The number of Topliss-reactive ketones (excluding diaryl/α,β-unsaturated/α-hetero) is 1. The molecule has 0 bridgehead atoms. The van der Waals surface area contributed by atoms with E-state index >= 15 is 0 Å². The lowest BCUT2D eigenvalue weighted by atomic mass is 9.88. The summed E-state index contributed by atoms with van der Waals surface area (Å²) < 4.78 is 18.9. The average molecular weight is 298 g/mol. The molecule has 0 amide bonds. The Kier molecular flexibility index (Phi) is 5.05. The van der Waals surface area contributed by atoms with Crippen molar-refractivity contribution in [1.82, 2.24) is 8.75 Å². The van der Waals surface area contributed by atoms with Gasteiger partial charge in [0.05, 0.1) is 17.6 Å². The monoisotopic (exact) mass is 298 g/mol. The predicted molar refractivity (Wildman–Crippen MR) is 72.4 cm³/mol. The first-order chi connectivity index (χ1) is 9.60. The van der Waals surface area contributed by atoms with E-state index in [9.17, 15) is 9.59 Å². The first kappa shape index (κ1) is 14.9. The highest BCUT2D eigenvalue weighted by molar-refractivity contribution is 6.99. The highest BCUT2D eigenvalue weighted by atomic mass is 32.1. The van der Waals surface area contributed by atoms with Gasteiger partial charge in [-0.15, -0.1) is 4.37 Å². The van der Waals surface area contributed by atoms with E-state index in [0.29, 0.717) is 43.7 Å². The minimum atomic E-state index is -0.650. The third kappa shape index (κ3) is 3.75. The lowest BCUT2D eigenvalue weighted by Gasteiger charge is -2.23. The van der Waals surface area contributed by atoms with Crippen molar-refractivity contribution in [2.24, 2.45) is 5.92 Å². The number of rotatable bonds is 5. The summed E-state index contributed by atoms with van der Waals surface area (Å²) in [5.41, 5.74) is 0.688. The zero-order chi connectivity index (χ0) is 14.5. The molecule has 1 aromatic heterocycles. The van der Waals surface area contributed by atoms with Crippen LogP contribution in [0.15, 0.2) is 0 Å². The van der Waals surface area contributed by atoms with Gasteiger partial charge in [-0.1, -0.05) is 6.92 Å². The Morgan fingerprint density at radius 2 is 2.10 bits per heavy atom. The molecule has 1 atom stereocenters. The molecule has 0 spiro atoms. The van der Waals surface area contributed by atoms with Gasteiger partial charge in [0.2, 0.25) is 6.29 Å². The van der Waals surface area contributed by atoms with E-state index in [1.54, 1.807) is 6.92 Å². The van der Waals surface area contributed by atoms with Crippen molar-refractivity contribution < 1.29 is 19.1 Å². The molecule has 1 aromatic rings. The van der Waals surface area contributed by atoms with Gasteiger partial charge in [0.1, 0.15) is 11.5 Å². The molecular weight excluding hydrogens is 280 g/mol. The molecule has 20 heavy (non-hydrogen) atoms. The summed E-state index contributed by atoms with van der Waals surface area (Å²) in [6.07, 6.45) is 1.97. The SMILES string of the molecule is CCC(OC(=O)C1CCC(=O)CC1)Oc1nsnc1C. The quantitative estimate of drug-likeness (QED) is 0.613. The molecule has 7 heteroatoms. The molecule has 1 saturated carbocycles. The van der Waals surface area contributed by atoms with Crippen molar-refractivity contribution in [2.75, 3.05) is 0 Å². The third-order valence-corrected chi connectivity index (χ3v) is 3.91. The van der Waals surface area contributed by atoms with Crippen LogP contribution < -0.4 is 4.74 Å². The second-order valence-electron chi connectivity index (χ2n) is 4.86. The summed E-state index contributed by atoms with van der Waals surface area (Å²) in [7, 11) is 0. The predicted octanol–water partition coefficient (Wildman–Crippen LogP) is 2.26. The van der Waals surface area contributed by atoms with Gasteiger partial charge >= 0.3 is 5.97 Å². The van der Waals surface area contributed by atoms with Crippen molar-refractivity contribution in [2.45, 2.75) is 52.2 Å². The van der Waals surface area contributed by atoms with Gasteiger partial charge in [0, 0.05) is 19.3 Å². The van der Waals surface area contributed by atoms with Crippen LogP contribution in [0.5, 0.6) is 5.88 Å². The molecule has 0 aromatic carbocycles. The maximum absolute atomic E-state index is 12.0. The second kappa shape index (κ2) is 6.78. The van der Waals surface area contributed by atoms with Crippen LogP contribution in [-0.2, 0) is 14.3 Å². The first-order valence-corrected chi connectivity index (χ1v) is 7.51. The third-order valence-electron chi connectivity index (χ3n) is 3.31. The molecule has 0 aliphatic heterocycles. The van der Waals surface area contributed by atoms with Gasteiger partial charge in [-0.3, -0.25) is 9.59 Å². The van der Waals surface area contributed by atoms with Crippen molar-refractivity contribution in [1.29, 1.82) is 0 Å². The Bertz CT molecular complexity index is 478. The molecule has 0 radical (unpaired) electrons. The fourth-order valence-corrected chi connectivity index (χ4v) is 2.54. The summed E-state index contributed by atoms with van der Waals surface area (Å²) >= 11 is 1.06. The van der Waals surface area contributed by atoms with Crippen LogP contribution in [-0.4, -0.2) is 26.8 Å². The zero-order valence-corrected chi connectivity index (χ0v) is 12.4. The smallest absolute Gasteiger partial charge is 0.312 e. The molecule has 1 aliphatic carbocycles. The van der Waals surface area contributed by atoms with Crippen molar-refractivity contribution >= 4 is 23.5 Å². The Hall–Kier alpha value is -1.50. The fraction of sp³-hybridized carbons (Fsp3) is 0.692. The number of hydrogen-bond donors (Lipinski definition) is 0. The Morgan fingerprint density at radius 3 is 2.65 bits per heavy atom. The average Bonchev–Trinajstić information content (AvgIpc) is 2.84. The van der Waals surface area contributed by atoms with E-state index in [1.807, 2.05) is 6.92 Å². The van der Waals surface area contributed by atoms with Gasteiger partial charge < -0.3 is 9.47 Å². The first-order valence-electron chi connectivity index (χ1n) is 6.78. The maximum Gasteiger partial charge on any atom is 0.312 e. The largest absolute Gasteiger partial charge is 0.435 e. The molecule has 1 unspecified atom stereocenters. The molecular formula is C13H18N2O4S. The molecule has 2 rings (SSSR count). The van der Waals surface area contributed by atoms with Crippen molar-refractivity contribution in [3.8, 4) is 5.88 Å². The highest BCUT2D eigenvalue weighted by Gasteiger charge is 2.28. The standard InChI is InChI=1S/C13H18N2O4S/c1-3-11(18-12-8(2)14-20-15-12)19-13(17)9-4-6-10(16)7-5-9/h9,11H,3-7H2,1-2H3.